The number of nitrogens with one attached hydrogen (secondary N) is 1. The van der Waals surface area contributed by atoms with Crippen LogP contribution in [0.1, 0.15) is 28.8 Å². The molecule has 154 valence electrons. The van der Waals surface area contributed by atoms with Gasteiger partial charge in [-0.25, -0.2) is 9.97 Å². The Kier molecular flexibility index (Phi) is 6.44. The summed E-state index contributed by atoms with van der Waals surface area (Å²) in [6.07, 6.45) is 5.18. The third-order valence-electron chi connectivity index (χ3n) is 5.10. The molecule has 4 rings (SSSR count). The molecule has 0 bridgehead atoms. The highest BCUT2D eigenvalue weighted by Gasteiger charge is 2.23. The van der Waals surface area contributed by atoms with Gasteiger partial charge in [0.15, 0.2) is 0 Å². The molecule has 0 aliphatic carbocycles. The summed E-state index contributed by atoms with van der Waals surface area (Å²) in [7, 11) is 0. The first-order valence-corrected chi connectivity index (χ1v) is 10.4. The molecule has 3 aromatic rings. The van der Waals surface area contributed by atoms with Gasteiger partial charge in [-0.3, -0.25) is 4.79 Å². The number of anilines is 1. The zero-order chi connectivity index (χ0) is 20.8. The molecule has 2 aromatic carbocycles. The lowest BCUT2D eigenvalue weighted by Gasteiger charge is -2.32. The van der Waals surface area contributed by atoms with E-state index in [4.69, 9.17) is 16.3 Å². The van der Waals surface area contributed by atoms with Gasteiger partial charge >= 0.3 is 0 Å². The van der Waals surface area contributed by atoms with Crippen molar-refractivity contribution in [2.75, 3.05) is 18.0 Å². The highest BCUT2D eigenvalue weighted by molar-refractivity contribution is 6.30. The van der Waals surface area contributed by atoms with Crippen molar-refractivity contribution in [2.24, 2.45) is 0 Å². The van der Waals surface area contributed by atoms with Crippen molar-refractivity contribution in [1.29, 1.82) is 0 Å². The lowest BCUT2D eigenvalue weighted by Crippen LogP contribution is -2.45. The van der Waals surface area contributed by atoms with E-state index in [1.165, 1.54) is 0 Å². The van der Waals surface area contributed by atoms with E-state index < -0.39 is 0 Å². The maximum absolute atomic E-state index is 12.9. The molecule has 1 saturated heterocycles. The molecule has 0 unspecified atom stereocenters. The largest absolute Gasteiger partial charge is 0.488 e. The molecular weight excluding hydrogens is 400 g/mol. The summed E-state index contributed by atoms with van der Waals surface area (Å²) in [6.45, 7) is 1.99. The maximum atomic E-state index is 12.9. The summed E-state index contributed by atoms with van der Waals surface area (Å²) in [4.78, 5) is 23.6. The average molecular weight is 423 g/mol. The second kappa shape index (κ2) is 9.59. The molecule has 2 heterocycles. The van der Waals surface area contributed by atoms with Crippen LogP contribution in [0.2, 0.25) is 5.02 Å². The normalized spacial score (nSPS) is 14.4. The molecule has 1 aliphatic heterocycles. The SMILES string of the molecule is O=C(NC1CCN(c2ncccn2)CC1)c1ccccc1OCc1ccc(Cl)cc1. The summed E-state index contributed by atoms with van der Waals surface area (Å²) in [5, 5.41) is 3.83. The Labute approximate surface area is 180 Å². The fourth-order valence-electron chi connectivity index (χ4n) is 3.46. The van der Waals surface area contributed by atoms with Crippen LogP contribution >= 0.6 is 11.6 Å². The number of amides is 1. The third-order valence-corrected chi connectivity index (χ3v) is 5.36. The van der Waals surface area contributed by atoms with Gasteiger partial charge in [0.1, 0.15) is 12.4 Å². The Hall–Kier alpha value is -3.12. The molecule has 0 radical (unpaired) electrons. The number of hydrogen-bond acceptors (Lipinski definition) is 5. The Morgan fingerprint density at radius 3 is 2.47 bits per heavy atom. The Bertz CT molecular complexity index is 974. The maximum Gasteiger partial charge on any atom is 0.255 e. The third kappa shape index (κ3) is 5.07. The predicted octanol–water partition coefficient (Wildman–Crippen LogP) is 4.11. The number of ether oxygens (including phenoxy) is 1. The van der Waals surface area contributed by atoms with Crippen LogP contribution in [0.5, 0.6) is 5.75 Å². The molecule has 0 spiro atoms. The number of aromatic nitrogens is 2. The van der Waals surface area contributed by atoms with Gasteiger partial charge in [0, 0.05) is 36.5 Å². The van der Waals surface area contributed by atoms with Gasteiger partial charge in [0.2, 0.25) is 5.95 Å². The molecule has 6 nitrogen and oxygen atoms in total. The van der Waals surface area contributed by atoms with Crippen LogP contribution < -0.4 is 15.0 Å². The fourth-order valence-corrected chi connectivity index (χ4v) is 3.59. The molecule has 0 atom stereocenters. The van der Waals surface area contributed by atoms with Crippen LogP contribution in [0.25, 0.3) is 0 Å². The molecule has 30 heavy (non-hydrogen) atoms. The van der Waals surface area contributed by atoms with Crippen molar-refractivity contribution in [3.05, 3.63) is 83.1 Å². The average Bonchev–Trinajstić information content (AvgIpc) is 2.80. The molecular formula is C23H23ClN4O2. The van der Waals surface area contributed by atoms with Gasteiger partial charge in [-0.05, 0) is 48.7 Å². The van der Waals surface area contributed by atoms with E-state index in [1.807, 2.05) is 48.5 Å². The number of para-hydroxylation sites is 1. The first-order chi connectivity index (χ1) is 14.7. The van der Waals surface area contributed by atoms with Crippen molar-refractivity contribution in [3.63, 3.8) is 0 Å². The van der Waals surface area contributed by atoms with Crippen molar-refractivity contribution < 1.29 is 9.53 Å². The zero-order valence-electron chi connectivity index (χ0n) is 16.5. The van der Waals surface area contributed by atoms with Crippen LogP contribution in [-0.4, -0.2) is 35.0 Å². The number of nitrogens with zero attached hydrogens (tertiary/aromatic N) is 3. The highest BCUT2D eigenvalue weighted by atomic mass is 35.5. The minimum absolute atomic E-state index is 0.113. The molecule has 0 saturated carbocycles. The van der Waals surface area contributed by atoms with Gasteiger partial charge in [-0.15, -0.1) is 0 Å². The van der Waals surface area contributed by atoms with Crippen LogP contribution in [0.4, 0.5) is 5.95 Å². The lowest BCUT2D eigenvalue weighted by atomic mass is 10.0. The number of carbonyl (C=O) groups excluding carboxylic acids is 1. The fraction of sp³-hybridized carbons (Fsp3) is 0.261. The van der Waals surface area contributed by atoms with E-state index in [-0.39, 0.29) is 11.9 Å². The van der Waals surface area contributed by atoms with Crippen molar-refractivity contribution in [3.8, 4) is 5.75 Å². The summed E-state index contributed by atoms with van der Waals surface area (Å²) in [5.74, 6) is 1.19. The van der Waals surface area contributed by atoms with Crippen LogP contribution in [0.15, 0.2) is 67.0 Å². The standard InChI is InChI=1S/C23H23ClN4O2/c24-18-8-6-17(7-9-18)16-30-21-5-2-1-4-20(21)22(29)27-19-10-14-28(15-11-19)23-25-12-3-13-26-23/h1-9,12-13,19H,10-11,14-16H2,(H,27,29). The van der Waals surface area contributed by atoms with E-state index in [9.17, 15) is 4.79 Å². The number of carbonyl (C=O) groups is 1. The number of rotatable bonds is 6. The minimum atomic E-state index is -0.115. The van der Waals surface area contributed by atoms with Crippen molar-refractivity contribution in [2.45, 2.75) is 25.5 Å². The summed E-state index contributed by atoms with van der Waals surface area (Å²) in [5.41, 5.74) is 1.53. The molecule has 1 fully saturated rings. The molecule has 1 amide bonds. The monoisotopic (exact) mass is 422 g/mol. The molecule has 1 N–H and O–H groups in total. The van der Waals surface area contributed by atoms with Crippen LogP contribution in [-0.2, 0) is 6.61 Å². The predicted molar refractivity (Wildman–Crippen MR) is 117 cm³/mol. The summed E-state index contributed by atoms with van der Waals surface area (Å²) >= 11 is 5.93. The quantitative estimate of drug-likeness (QED) is 0.647. The van der Waals surface area contributed by atoms with Gasteiger partial charge in [-0.1, -0.05) is 35.9 Å². The summed E-state index contributed by atoms with van der Waals surface area (Å²) < 4.78 is 5.92. The van der Waals surface area contributed by atoms with Gasteiger partial charge in [-0.2, -0.15) is 0 Å². The Morgan fingerprint density at radius 1 is 1.03 bits per heavy atom. The van der Waals surface area contributed by atoms with Crippen LogP contribution in [0.3, 0.4) is 0 Å². The number of benzene rings is 2. The van der Waals surface area contributed by atoms with E-state index in [1.54, 1.807) is 18.5 Å². The first kappa shape index (κ1) is 20.2. The van der Waals surface area contributed by atoms with E-state index in [0.29, 0.717) is 22.9 Å². The van der Waals surface area contributed by atoms with Crippen molar-refractivity contribution in [1.82, 2.24) is 15.3 Å². The second-order valence-corrected chi connectivity index (χ2v) is 7.63. The van der Waals surface area contributed by atoms with E-state index in [0.717, 1.165) is 37.4 Å². The molecule has 7 heteroatoms. The van der Waals surface area contributed by atoms with Crippen LogP contribution in [0, 0.1) is 0 Å². The van der Waals surface area contributed by atoms with Gasteiger partial charge < -0.3 is 15.0 Å². The highest BCUT2D eigenvalue weighted by Crippen LogP contribution is 2.21. The van der Waals surface area contributed by atoms with E-state index >= 15 is 0 Å². The Morgan fingerprint density at radius 2 is 1.73 bits per heavy atom. The molecule has 1 aliphatic rings. The summed E-state index contributed by atoms with van der Waals surface area (Å²) in [6, 6.07) is 16.7. The van der Waals surface area contributed by atoms with E-state index in [2.05, 4.69) is 20.2 Å². The zero-order valence-corrected chi connectivity index (χ0v) is 17.3. The van der Waals surface area contributed by atoms with Gasteiger partial charge in [0.05, 0.1) is 5.56 Å². The lowest BCUT2D eigenvalue weighted by molar-refractivity contribution is 0.0926. The Balaban J connectivity index is 1.34. The first-order valence-electron chi connectivity index (χ1n) is 9.98. The number of piperidine rings is 1. The smallest absolute Gasteiger partial charge is 0.255 e. The minimum Gasteiger partial charge on any atom is -0.488 e. The number of halogens is 1. The van der Waals surface area contributed by atoms with Crippen molar-refractivity contribution >= 4 is 23.5 Å². The molecule has 1 aromatic heterocycles. The number of hydrogen-bond donors (Lipinski definition) is 1. The topological polar surface area (TPSA) is 67.4 Å². The van der Waals surface area contributed by atoms with Gasteiger partial charge in [0.25, 0.3) is 5.91 Å². The second-order valence-electron chi connectivity index (χ2n) is 7.19.